The average molecular weight is 256 g/mol. The molecular weight excluding hydrogens is 240 g/mol. The number of carbonyl (C=O) groups excluding carboxylic acids is 1. The van der Waals surface area contributed by atoms with Crippen molar-refractivity contribution in [3.05, 3.63) is 54.2 Å². The van der Waals surface area contributed by atoms with Crippen LogP contribution in [0.25, 0.3) is 0 Å². The molecule has 5 nitrogen and oxygen atoms in total. The van der Waals surface area contributed by atoms with E-state index in [0.29, 0.717) is 12.2 Å². The van der Waals surface area contributed by atoms with Gasteiger partial charge in [0.15, 0.2) is 5.82 Å². The molecule has 19 heavy (non-hydrogen) atoms. The van der Waals surface area contributed by atoms with Crippen LogP contribution in [0.1, 0.15) is 12.0 Å². The first-order chi connectivity index (χ1) is 9.25. The second kappa shape index (κ2) is 6.61. The molecule has 0 saturated heterocycles. The van der Waals surface area contributed by atoms with Crippen LogP contribution >= 0.6 is 0 Å². The number of nitrogens with one attached hydrogen (secondary N) is 1. The molecule has 0 bridgehead atoms. The third kappa shape index (κ3) is 4.15. The number of anilines is 1. The van der Waals surface area contributed by atoms with Gasteiger partial charge in [0.1, 0.15) is 0 Å². The Balaban J connectivity index is 1.83. The maximum absolute atomic E-state index is 11.8. The molecule has 0 aliphatic rings. The van der Waals surface area contributed by atoms with E-state index < -0.39 is 6.04 Å². The molecule has 0 spiro atoms. The molecule has 0 unspecified atom stereocenters. The summed E-state index contributed by atoms with van der Waals surface area (Å²) >= 11 is 0. The summed E-state index contributed by atoms with van der Waals surface area (Å²) in [4.78, 5) is 11.8. The van der Waals surface area contributed by atoms with Gasteiger partial charge in [-0.25, -0.2) is 0 Å². The Morgan fingerprint density at radius 2 is 2.00 bits per heavy atom. The normalized spacial score (nSPS) is 11.8. The van der Waals surface area contributed by atoms with E-state index in [2.05, 4.69) is 15.5 Å². The highest BCUT2D eigenvalue weighted by atomic mass is 16.2. The first-order valence-corrected chi connectivity index (χ1v) is 6.14. The first-order valence-electron chi connectivity index (χ1n) is 6.14. The van der Waals surface area contributed by atoms with Crippen molar-refractivity contribution in [2.24, 2.45) is 5.73 Å². The van der Waals surface area contributed by atoms with Gasteiger partial charge in [-0.1, -0.05) is 30.3 Å². The summed E-state index contributed by atoms with van der Waals surface area (Å²) in [5.74, 6) is 0.180. The van der Waals surface area contributed by atoms with Crippen LogP contribution in [0.4, 0.5) is 5.82 Å². The molecule has 0 fully saturated rings. The molecular formula is C14H16N4O. The SMILES string of the molecule is N[C@@H](CCc1ccccc1)C(=O)Nc1cccnn1. The Hall–Kier alpha value is -2.27. The number of carbonyl (C=O) groups is 1. The zero-order chi connectivity index (χ0) is 13.5. The summed E-state index contributed by atoms with van der Waals surface area (Å²) in [6.45, 7) is 0. The van der Waals surface area contributed by atoms with Crippen LogP contribution in [0.3, 0.4) is 0 Å². The maximum Gasteiger partial charge on any atom is 0.242 e. The minimum atomic E-state index is -0.554. The number of aromatic nitrogens is 2. The molecule has 5 heteroatoms. The molecule has 3 N–H and O–H groups in total. The molecule has 0 aliphatic carbocycles. The van der Waals surface area contributed by atoms with Crippen molar-refractivity contribution in [2.75, 3.05) is 5.32 Å². The van der Waals surface area contributed by atoms with Gasteiger partial charge in [0, 0.05) is 6.20 Å². The van der Waals surface area contributed by atoms with Gasteiger partial charge in [0.25, 0.3) is 0 Å². The Morgan fingerprint density at radius 1 is 1.21 bits per heavy atom. The van der Waals surface area contributed by atoms with Crippen LogP contribution in [-0.2, 0) is 11.2 Å². The first kappa shape index (κ1) is 13.2. The van der Waals surface area contributed by atoms with Crippen LogP contribution in [0, 0.1) is 0 Å². The smallest absolute Gasteiger partial charge is 0.242 e. The molecule has 0 saturated carbocycles. The molecule has 1 aromatic carbocycles. The lowest BCUT2D eigenvalue weighted by Gasteiger charge is -2.11. The molecule has 2 aromatic rings. The number of rotatable bonds is 5. The van der Waals surface area contributed by atoms with Crippen molar-refractivity contribution < 1.29 is 4.79 Å². The Bertz CT molecular complexity index is 515. The maximum atomic E-state index is 11.8. The van der Waals surface area contributed by atoms with Gasteiger partial charge in [-0.2, -0.15) is 5.10 Å². The third-order valence-corrected chi connectivity index (χ3v) is 2.75. The molecule has 0 aliphatic heterocycles. The Morgan fingerprint density at radius 3 is 2.68 bits per heavy atom. The topological polar surface area (TPSA) is 80.9 Å². The van der Waals surface area contributed by atoms with Crippen molar-refractivity contribution in [3.63, 3.8) is 0 Å². The van der Waals surface area contributed by atoms with E-state index in [0.717, 1.165) is 6.42 Å². The van der Waals surface area contributed by atoms with Gasteiger partial charge in [-0.15, -0.1) is 5.10 Å². The van der Waals surface area contributed by atoms with Gasteiger partial charge < -0.3 is 11.1 Å². The number of nitrogens with zero attached hydrogens (tertiary/aromatic N) is 2. The number of benzene rings is 1. The largest absolute Gasteiger partial charge is 0.320 e. The molecule has 98 valence electrons. The molecule has 1 amide bonds. The van der Waals surface area contributed by atoms with E-state index in [1.807, 2.05) is 30.3 Å². The predicted molar refractivity (Wildman–Crippen MR) is 73.4 cm³/mol. The average Bonchev–Trinajstić information content (AvgIpc) is 2.47. The summed E-state index contributed by atoms with van der Waals surface area (Å²) in [6.07, 6.45) is 2.91. The van der Waals surface area contributed by atoms with Crippen LogP contribution in [0.15, 0.2) is 48.7 Å². The third-order valence-electron chi connectivity index (χ3n) is 2.75. The Kier molecular flexibility index (Phi) is 4.58. The monoisotopic (exact) mass is 256 g/mol. The predicted octanol–water partition coefficient (Wildman–Crippen LogP) is 1.38. The summed E-state index contributed by atoms with van der Waals surface area (Å²) in [6, 6.07) is 12.8. The highest BCUT2D eigenvalue weighted by Gasteiger charge is 2.13. The fraction of sp³-hybridized carbons (Fsp3) is 0.214. The zero-order valence-electron chi connectivity index (χ0n) is 10.5. The standard InChI is InChI=1S/C14H16N4O/c15-12(9-8-11-5-2-1-3-6-11)14(19)17-13-7-4-10-16-18-13/h1-7,10,12H,8-9,15H2,(H,17,18,19)/t12-/m0/s1. The minimum Gasteiger partial charge on any atom is -0.320 e. The number of aryl methyl sites for hydroxylation is 1. The van der Waals surface area contributed by atoms with Gasteiger partial charge in [0.2, 0.25) is 5.91 Å². The van der Waals surface area contributed by atoms with Crippen LogP contribution in [-0.4, -0.2) is 22.1 Å². The lowest BCUT2D eigenvalue weighted by atomic mass is 10.1. The second-order valence-electron chi connectivity index (χ2n) is 4.23. The van der Waals surface area contributed by atoms with Crippen molar-refractivity contribution in [3.8, 4) is 0 Å². The Labute approximate surface area is 111 Å². The van der Waals surface area contributed by atoms with Gasteiger partial charge in [-0.3, -0.25) is 4.79 Å². The molecule has 1 aromatic heterocycles. The van der Waals surface area contributed by atoms with Crippen molar-refractivity contribution in [1.82, 2.24) is 10.2 Å². The summed E-state index contributed by atoms with van der Waals surface area (Å²) in [7, 11) is 0. The number of nitrogens with two attached hydrogens (primary N) is 1. The van der Waals surface area contributed by atoms with E-state index >= 15 is 0 Å². The quantitative estimate of drug-likeness (QED) is 0.846. The summed E-state index contributed by atoms with van der Waals surface area (Å²) < 4.78 is 0. The highest BCUT2D eigenvalue weighted by molar-refractivity contribution is 5.93. The number of hydrogen-bond acceptors (Lipinski definition) is 4. The zero-order valence-corrected chi connectivity index (χ0v) is 10.5. The van der Waals surface area contributed by atoms with Gasteiger partial charge in [0.05, 0.1) is 6.04 Å². The fourth-order valence-electron chi connectivity index (χ4n) is 1.69. The number of amides is 1. The van der Waals surface area contributed by atoms with Gasteiger partial charge in [-0.05, 0) is 30.5 Å². The van der Waals surface area contributed by atoms with Crippen molar-refractivity contribution >= 4 is 11.7 Å². The van der Waals surface area contributed by atoms with E-state index in [1.165, 1.54) is 5.56 Å². The fourth-order valence-corrected chi connectivity index (χ4v) is 1.69. The highest BCUT2D eigenvalue weighted by Crippen LogP contribution is 2.06. The molecule has 1 heterocycles. The summed E-state index contributed by atoms with van der Waals surface area (Å²) in [5, 5.41) is 10.1. The number of hydrogen-bond donors (Lipinski definition) is 2. The van der Waals surface area contributed by atoms with Crippen LogP contribution in [0.5, 0.6) is 0 Å². The van der Waals surface area contributed by atoms with Crippen LogP contribution < -0.4 is 11.1 Å². The van der Waals surface area contributed by atoms with E-state index in [1.54, 1.807) is 18.3 Å². The molecule has 0 radical (unpaired) electrons. The van der Waals surface area contributed by atoms with Gasteiger partial charge >= 0.3 is 0 Å². The van der Waals surface area contributed by atoms with E-state index in [-0.39, 0.29) is 5.91 Å². The lowest BCUT2D eigenvalue weighted by molar-refractivity contribution is -0.117. The molecule has 1 atom stereocenters. The van der Waals surface area contributed by atoms with Crippen molar-refractivity contribution in [2.45, 2.75) is 18.9 Å². The van der Waals surface area contributed by atoms with E-state index in [9.17, 15) is 4.79 Å². The lowest BCUT2D eigenvalue weighted by Crippen LogP contribution is -2.36. The van der Waals surface area contributed by atoms with Crippen molar-refractivity contribution in [1.29, 1.82) is 0 Å². The van der Waals surface area contributed by atoms with E-state index in [4.69, 9.17) is 5.73 Å². The minimum absolute atomic E-state index is 0.239. The van der Waals surface area contributed by atoms with Crippen LogP contribution in [0.2, 0.25) is 0 Å². The second-order valence-corrected chi connectivity index (χ2v) is 4.23. The molecule has 2 rings (SSSR count). The summed E-state index contributed by atoms with van der Waals surface area (Å²) in [5.41, 5.74) is 7.02.